The summed E-state index contributed by atoms with van der Waals surface area (Å²) in [5.41, 5.74) is 1.08. The summed E-state index contributed by atoms with van der Waals surface area (Å²) in [6.07, 6.45) is 2.62. The molecular formula is C11H16N4O2. The normalized spacial score (nSPS) is 23.6. The van der Waals surface area contributed by atoms with Gasteiger partial charge in [0.2, 0.25) is 0 Å². The molecule has 17 heavy (non-hydrogen) atoms. The largest absolute Gasteiger partial charge is 0.391 e. The van der Waals surface area contributed by atoms with Gasteiger partial charge in [-0.2, -0.15) is 0 Å². The van der Waals surface area contributed by atoms with E-state index in [4.69, 9.17) is 0 Å². The Morgan fingerprint density at radius 1 is 1.53 bits per heavy atom. The van der Waals surface area contributed by atoms with Crippen molar-refractivity contribution in [3.8, 4) is 0 Å². The van der Waals surface area contributed by atoms with Crippen LogP contribution in [0.2, 0.25) is 0 Å². The highest BCUT2D eigenvalue weighted by atomic mass is 16.3. The summed E-state index contributed by atoms with van der Waals surface area (Å²) in [4.78, 5) is 19.7. The third-order valence-electron chi connectivity index (χ3n) is 2.84. The van der Waals surface area contributed by atoms with Gasteiger partial charge in [-0.1, -0.05) is 0 Å². The molecule has 0 radical (unpaired) electrons. The highest BCUT2D eigenvalue weighted by Gasteiger charge is 2.25. The molecule has 1 amide bonds. The highest BCUT2D eigenvalue weighted by molar-refractivity contribution is 5.91. The summed E-state index contributed by atoms with van der Waals surface area (Å²) in [6.45, 7) is 3.57. The van der Waals surface area contributed by atoms with Crippen LogP contribution in [-0.2, 0) is 0 Å². The Hall–Kier alpha value is -1.53. The van der Waals surface area contributed by atoms with Crippen LogP contribution in [0.5, 0.6) is 0 Å². The van der Waals surface area contributed by atoms with Gasteiger partial charge in [0, 0.05) is 31.7 Å². The van der Waals surface area contributed by atoms with Crippen molar-refractivity contribution < 1.29 is 9.90 Å². The molecule has 6 heteroatoms. The van der Waals surface area contributed by atoms with Crippen LogP contribution < -0.4 is 10.6 Å². The minimum Gasteiger partial charge on any atom is -0.391 e. The second kappa shape index (κ2) is 5.20. The third-order valence-corrected chi connectivity index (χ3v) is 2.84. The fraction of sp³-hybridized carbons (Fsp3) is 0.545. The smallest absolute Gasteiger partial charge is 0.271 e. The van der Waals surface area contributed by atoms with Gasteiger partial charge >= 0.3 is 0 Å². The molecule has 3 N–H and O–H groups in total. The number of amides is 1. The average Bonchev–Trinajstić information content (AvgIpc) is 2.73. The number of aliphatic hydroxyl groups is 1. The summed E-state index contributed by atoms with van der Waals surface area (Å²) in [5, 5.41) is 15.4. The van der Waals surface area contributed by atoms with E-state index in [0.29, 0.717) is 18.8 Å². The lowest BCUT2D eigenvalue weighted by molar-refractivity contribution is 0.0921. The van der Waals surface area contributed by atoms with Crippen molar-refractivity contribution in [2.24, 2.45) is 5.92 Å². The van der Waals surface area contributed by atoms with Crippen molar-refractivity contribution in [1.29, 1.82) is 0 Å². The van der Waals surface area contributed by atoms with E-state index < -0.39 is 0 Å². The number of carbonyl (C=O) groups excluding carboxylic acids is 1. The van der Waals surface area contributed by atoms with Gasteiger partial charge in [0.1, 0.15) is 5.69 Å². The zero-order chi connectivity index (χ0) is 12.3. The first-order chi connectivity index (χ1) is 8.16. The molecule has 2 rings (SSSR count). The predicted molar refractivity (Wildman–Crippen MR) is 61.5 cm³/mol. The maximum atomic E-state index is 11.7. The molecule has 1 saturated heterocycles. The van der Waals surface area contributed by atoms with E-state index in [9.17, 15) is 9.90 Å². The molecule has 1 fully saturated rings. The van der Waals surface area contributed by atoms with Crippen molar-refractivity contribution in [3.05, 3.63) is 23.8 Å². The topological polar surface area (TPSA) is 87.1 Å². The number of hydrogen-bond acceptors (Lipinski definition) is 5. The van der Waals surface area contributed by atoms with Crippen LogP contribution >= 0.6 is 0 Å². The average molecular weight is 236 g/mol. The number of rotatable bonds is 3. The van der Waals surface area contributed by atoms with Crippen molar-refractivity contribution in [2.45, 2.75) is 13.0 Å². The zero-order valence-corrected chi connectivity index (χ0v) is 9.68. The Morgan fingerprint density at radius 2 is 2.35 bits per heavy atom. The molecular weight excluding hydrogens is 220 g/mol. The summed E-state index contributed by atoms with van der Waals surface area (Å²) in [6, 6.07) is 0. The Morgan fingerprint density at radius 3 is 2.94 bits per heavy atom. The van der Waals surface area contributed by atoms with Gasteiger partial charge in [0.25, 0.3) is 5.91 Å². The van der Waals surface area contributed by atoms with Crippen LogP contribution in [0, 0.1) is 12.8 Å². The number of carbonyl (C=O) groups is 1. The standard InChI is InChI=1S/C11H16N4O2/c1-7-2-14-9(5-13-7)11(17)15-4-8-3-12-6-10(8)16/h2,5,8,10,12,16H,3-4,6H2,1H3,(H,15,17). The zero-order valence-electron chi connectivity index (χ0n) is 9.68. The second-order valence-corrected chi connectivity index (χ2v) is 4.24. The summed E-state index contributed by atoms with van der Waals surface area (Å²) in [5.74, 6) is -0.186. The van der Waals surface area contributed by atoms with Crippen LogP contribution in [0.15, 0.2) is 12.4 Å². The molecule has 0 aromatic carbocycles. The first kappa shape index (κ1) is 11.9. The maximum Gasteiger partial charge on any atom is 0.271 e. The van der Waals surface area contributed by atoms with E-state index >= 15 is 0 Å². The van der Waals surface area contributed by atoms with Crippen molar-refractivity contribution in [2.75, 3.05) is 19.6 Å². The van der Waals surface area contributed by atoms with Gasteiger partial charge in [-0.3, -0.25) is 9.78 Å². The lowest BCUT2D eigenvalue weighted by Crippen LogP contribution is -2.34. The molecule has 0 aliphatic carbocycles. The van der Waals surface area contributed by atoms with Crippen LogP contribution in [-0.4, -0.2) is 46.7 Å². The number of aryl methyl sites for hydroxylation is 1. The fourth-order valence-corrected chi connectivity index (χ4v) is 1.75. The van der Waals surface area contributed by atoms with Crippen molar-refractivity contribution in [3.63, 3.8) is 0 Å². The number of aliphatic hydroxyl groups excluding tert-OH is 1. The fourth-order valence-electron chi connectivity index (χ4n) is 1.75. The van der Waals surface area contributed by atoms with E-state index in [1.165, 1.54) is 6.20 Å². The van der Waals surface area contributed by atoms with Gasteiger partial charge in [-0.25, -0.2) is 4.98 Å². The minimum absolute atomic E-state index is 0.0670. The molecule has 1 aromatic heterocycles. The van der Waals surface area contributed by atoms with Crippen molar-refractivity contribution >= 4 is 5.91 Å². The Kier molecular flexibility index (Phi) is 3.65. The van der Waals surface area contributed by atoms with Crippen LogP contribution in [0.1, 0.15) is 16.2 Å². The Bertz CT molecular complexity index is 393. The SMILES string of the molecule is Cc1cnc(C(=O)NCC2CNCC2O)cn1. The number of hydrogen-bond donors (Lipinski definition) is 3. The number of nitrogens with zero attached hydrogens (tertiary/aromatic N) is 2. The van der Waals surface area contributed by atoms with Gasteiger partial charge in [0.05, 0.1) is 18.0 Å². The first-order valence-electron chi connectivity index (χ1n) is 5.62. The Balaban J connectivity index is 1.87. The van der Waals surface area contributed by atoms with Crippen LogP contribution in [0.3, 0.4) is 0 Å². The molecule has 2 atom stereocenters. The molecule has 2 unspecified atom stereocenters. The number of aromatic nitrogens is 2. The monoisotopic (exact) mass is 236 g/mol. The summed E-state index contributed by atoms with van der Waals surface area (Å²) < 4.78 is 0. The molecule has 1 aromatic rings. The van der Waals surface area contributed by atoms with E-state index in [1.54, 1.807) is 6.20 Å². The van der Waals surface area contributed by atoms with Gasteiger partial charge in [-0.05, 0) is 6.92 Å². The molecule has 1 aliphatic heterocycles. The summed E-state index contributed by atoms with van der Waals surface area (Å²) in [7, 11) is 0. The third kappa shape index (κ3) is 2.98. The van der Waals surface area contributed by atoms with E-state index in [2.05, 4.69) is 20.6 Å². The molecule has 0 saturated carbocycles. The highest BCUT2D eigenvalue weighted by Crippen LogP contribution is 2.07. The van der Waals surface area contributed by atoms with Crippen molar-refractivity contribution in [1.82, 2.24) is 20.6 Å². The van der Waals surface area contributed by atoms with Crippen LogP contribution in [0.4, 0.5) is 0 Å². The Labute approximate surface area is 99.5 Å². The molecule has 0 bridgehead atoms. The van der Waals surface area contributed by atoms with Gasteiger partial charge in [-0.15, -0.1) is 0 Å². The lowest BCUT2D eigenvalue weighted by atomic mass is 10.1. The predicted octanol–water partition coefficient (Wildman–Crippen LogP) is -0.905. The maximum absolute atomic E-state index is 11.7. The second-order valence-electron chi connectivity index (χ2n) is 4.24. The number of β-amino-alcohol motifs (C(OH)–C–C–N with tert-alkyl or cyclic N) is 1. The van der Waals surface area contributed by atoms with Gasteiger partial charge < -0.3 is 15.7 Å². The van der Waals surface area contributed by atoms with E-state index in [-0.39, 0.29) is 17.9 Å². The first-order valence-corrected chi connectivity index (χ1v) is 5.62. The molecule has 2 heterocycles. The van der Waals surface area contributed by atoms with Gasteiger partial charge in [0.15, 0.2) is 0 Å². The molecule has 0 spiro atoms. The quantitative estimate of drug-likeness (QED) is 0.633. The lowest BCUT2D eigenvalue weighted by Gasteiger charge is -2.13. The minimum atomic E-state index is -0.389. The molecule has 1 aliphatic rings. The van der Waals surface area contributed by atoms with E-state index in [1.807, 2.05) is 6.92 Å². The molecule has 6 nitrogen and oxygen atoms in total. The van der Waals surface area contributed by atoms with E-state index in [0.717, 1.165) is 12.2 Å². The molecule has 92 valence electrons. The van der Waals surface area contributed by atoms with Crippen LogP contribution in [0.25, 0.3) is 0 Å². The summed E-state index contributed by atoms with van der Waals surface area (Å²) >= 11 is 0. The number of nitrogens with one attached hydrogen (secondary N) is 2.